The summed E-state index contributed by atoms with van der Waals surface area (Å²) in [4.78, 5) is 0. The second kappa shape index (κ2) is 7.06. The van der Waals surface area contributed by atoms with Crippen LogP contribution < -0.4 is 11.5 Å². The summed E-state index contributed by atoms with van der Waals surface area (Å²) in [6.45, 7) is 0. The van der Waals surface area contributed by atoms with E-state index in [4.69, 9.17) is 11.5 Å². The van der Waals surface area contributed by atoms with E-state index in [1.165, 1.54) is 11.1 Å². The first kappa shape index (κ1) is 14.5. The maximum atomic E-state index is 10.6. The number of hydrogen-bond donors (Lipinski definition) is 2. The molecule has 0 amide bonds. The lowest BCUT2D eigenvalue weighted by Crippen LogP contribution is -2.03. The molecule has 0 unspecified atom stereocenters. The molecule has 2 aromatic carbocycles. The third kappa shape index (κ3) is 3.82. The van der Waals surface area contributed by atoms with Gasteiger partial charge in [-0.3, -0.25) is 4.57 Å². The number of nitrogens with two attached hydrogens (primary N) is 2. The highest BCUT2D eigenvalue weighted by Gasteiger charge is 2.14. The fourth-order valence-corrected chi connectivity index (χ4v) is 2.75. The zero-order valence-electron chi connectivity index (χ0n) is 11.3. The SMILES string of the molecule is Nc1cccc(C(CCCP=O)c2cccc(N)c2)c1. The highest BCUT2D eigenvalue weighted by molar-refractivity contribution is 7.23. The molecule has 0 saturated carbocycles. The standard InChI is InChI=1S/C16H19N2OP/c17-14-6-1-4-12(10-14)16(8-3-9-20-19)13-5-2-7-15(18)11-13/h1-2,4-7,10-11,16H,3,8-9,17-18H2. The quantitative estimate of drug-likeness (QED) is 0.478. The van der Waals surface area contributed by atoms with Gasteiger partial charge in [-0.25, -0.2) is 0 Å². The van der Waals surface area contributed by atoms with Crippen molar-refractivity contribution in [2.45, 2.75) is 18.8 Å². The van der Waals surface area contributed by atoms with Crippen molar-refractivity contribution in [1.82, 2.24) is 0 Å². The van der Waals surface area contributed by atoms with E-state index >= 15 is 0 Å². The van der Waals surface area contributed by atoms with Crippen LogP contribution in [0.5, 0.6) is 0 Å². The van der Waals surface area contributed by atoms with Crippen molar-refractivity contribution in [1.29, 1.82) is 0 Å². The molecule has 2 aromatic rings. The minimum atomic E-state index is 0.205. The molecule has 0 fully saturated rings. The number of benzene rings is 2. The van der Waals surface area contributed by atoms with Crippen LogP contribution in [0.4, 0.5) is 11.4 Å². The van der Waals surface area contributed by atoms with E-state index < -0.39 is 0 Å². The van der Waals surface area contributed by atoms with Crippen LogP contribution in [0.1, 0.15) is 29.9 Å². The Labute approximate surface area is 121 Å². The van der Waals surface area contributed by atoms with E-state index in [1.807, 2.05) is 36.4 Å². The molecule has 0 aromatic heterocycles. The van der Waals surface area contributed by atoms with Gasteiger partial charge in [0, 0.05) is 23.5 Å². The van der Waals surface area contributed by atoms with Gasteiger partial charge in [0.15, 0.2) is 8.46 Å². The van der Waals surface area contributed by atoms with Gasteiger partial charge < -0.3 is 11.5 Å². The zero-order chi connectivity index (χ0) is 14.4. The molecule has 0 heterocycles. The lowest BCUT2D eigenvalue weighted by atomic mass is 9.87. The van der Waals surface area contributed by atoms with Crippen molar-refractivity contribution in [2.75, 3.05) is 17.6 Å². The van der Waals surface area contributed by atoms with Crippen LogP contribution in [0.3, 0.4) is 0 Å². The summed E-state index contributed by atoms with van der Waals surface area (Å²) in [6, 6.07) is 15.9. The maximum Gasteiger partial charge on any atom is 0.155 e. The molecule has 0 radical (unpaired) electrons. The highest BCUT2D eigenvalue weighted by Crippen LogP contribution is 2.31. The Morgan fingerprint density at radius 2 is 1.50 bits per heavy atom. The smallest absolute Gasteiger partial charge is 0.155 e. The zero-order valence-corrected chi connectivity index (χ0v) is 12.2. The Kier molecular flexibility index (Phi) is 5.14. The fourth-order valence-electron chi connectivity index (χ4n) is 2.44. The monoisotopic (exact) mass is 286 g/mol. The summed E-state index contributed by atoms with van der Waals surface area (Å²) in [5.41, 5.74) is 15.6. The Balaban J connectivity index is 2.31. The van der Waals surface area contributed by atoms with Crippen LogP contribution in [-0.2, 0) is 4.57 Å². The number of rotatable bonds is 6. The van der Waals surface area contributed by atoms with E-state index in [9.17, 15) is 4.57 Å². The molecular formula is C16H19N2OP. The number of hydrogen-bond acceptors (Lipinski definition) is 3. The van der Waals surface area contributed by atoms with Gasteiger partial charge in [-0.05, 0) is 48.2 Å². The van der Waals surface area contributed by atoms with Gasteiger partial charge in [0.2, 0.25) is 0 Å². The van der Waals surface area contributed by atoms with Crippen LogP contribution in [0, 0.1) is 0 Å². The van der Waals surface area contributed by atoms with Crippen molar-refractivity contribution in [3.8, 4) is 0 Å². The molecule has 0 bridgehead atoms. The van der Waals surface area contributed by atoms with E-state index in [2.05, 4.69) is 12.1 Å². The molecule has 20 heavy (non-hydrogen) atoms. The predicted molar refractivity (Wildman–Crippen MR) is 85.3 cm³/mol. The summed E-state index contributed by atoms with van der Waals surface area (Å²) in [5.74, 6) is 0.240. The molecule has 4 heteroatoms. The first-order chi connectivity index (χ1) is 9.70. The summed E-state index contributed by atoms with van der Waals surface area (Å²) >= 11 is 0. The van der Waals surface area contributed by atoms with Crippen molar-refractivity contribution >= 4 is 19.8 Å². The highest BCUT2D eigenvalue weighted by atomic mass is 31.1. The lowest BCUT2D eigenvalue weighted by molar-refractivity contribution is 0.594. The first-order valence-electron chi connectivity index (χ1n) is 6.70. The lowest BCUT2D eigenvalue weighted by Gasteiger charge is -2.18. The van der Waals surface area contributed by atoms with E-state index in [0.29, 0.717) is 6.16 Å². The van der Waals surface area contributed by atoms with Gasteiger partial charge in [-0.15, -0.1) is 0 Å². The largest absolute Gasteiger partial charge is 0.399 e. The Morgan fingerprint density at radius 3 is 1.95 bits per heavy atom. The molecular weight excluding hydrogens is 267 g/mol. The summed E-state index contributed by atoms with van der Waals surface area (Å²) < 4.78 is 10.6. The Bertz CT molecular complexity index is 541. The van der Waals surface area contributed by atoms with Gasteiger partial charge in [0.1, 0.15) is 0 Å². The van der Waals surface area contributed by atoms with E-state index in [0.717, 1.165) is 24.2 Å². The van der Waals surface area contributed by atoms with Gasteiger partial charge in [0.25, 0.3) is 0 Å². The maximum absolute atomic E-state index is 10.6. The third-order valence-corrected chi connectivity index (χ3v) is 3.87. The normalized spacial score (nSPS) is 11.1. The van der Waals surface area contributed by atoms with Gasteiger partial charge >= 0.3 is 0 Å². The fraction of sp³-hybridized carbons (Fsp3) is 0.250. The molecule has 0 aliphatic rings. The second-order valence-corrected chi connectivity index (χ2v) is 5.59. The van der Waals surface area contributed by atoms with Crippen molar-refractivity contribution in [3.05, 3.63) is 59.7 Å². The minimum absolute atomic E-state index is 0.205. The molecule has 0 spiro atoms. The molecule has 0 aliphatic carbocycles. The summed E-state index contributed by atoms with van der Waals surface area (Å²) in [5, 5.41) is 0. The molecule has 4 N–H and O–H groups in total. The molecule has 0 atom stereocenters. The van der Waals surface area contributed by atoms with E-state index in [-0.39, 0.29) is 14.4 Å². The summed E-state index contributed by atoms with van der Waals surface area (Å²) in [7, 11) is 0.205. The molecule has 0 saturated heterocycles. The van der Waals surface area contributed by atoms with Crippen molar-refractivity contribution in [3.63, 3.8) is 0 Å². The van der Waals surface area contributed by atoms with Crippen LogP contribution in [0.25, 0.3) is 0 Å². The topological polar surface area (TPSA) is 69.1 Å². The van der Waals surface area contributed by atoms with Crippen LogP contribution in [0.2, 0.25) is 0 Å². The third-order valence-electron chi connectivity index (χ3n) is 3.37. The van der Waals surface area contributed by atoms with Gasteiger partial charge in [-0.2, -0.15) is 0 Å². The van der Waals surface area contributed by atoms with Crippen LogP contribution >= 0.6 is 8.46 Å². The average Bonchev–Trinajstić information content (AvgIpc) is 2.43. The van der Waals surface area contributed by atoms with E-state index in [1.54, 1.807) is 0 Å². The second-order valence-electron chi connectivity index (χ2n) is 4.89. The number of anilines is 2. The Hall–Kier alpha value is -1.86. The first-order valence-corrected chi connectivity index (χ1v) is 7.70. The summed E-state index contributed by atoms with van der Waals surface area (Å²) in [6.07, 6.45) is 2.52. The predicted octanol–water partition coefficient (Wildman–Crippen LogP) is 4.05. The minimum Gasteiger partial charge on any atom is -0.399 e. The Morgan fingerprint density at radius 1 is 0.950 bits per heavy atom. The molecule has 3 nitrogen and oxygen atoms in total. The van der Waals surface area contributed by atoms with Crippen LogP contribution in [0.15, 0.2) is 48.5 Å². The average molecular weight is 286 g/mol. The van der Waals surface area contributed by atoms with Crippen molar-refractivity contribution in [2.24, 2.45) is 0 Å². The number of nitrogen functional groups attached to an aromatic ring is 2. The molecule has 104 valence electrons. The van der Waals surface area contributed by atoms with Crippen LogP contribution in [-0.4, -0.2) is 6.16 Å². The van der Waals surface area contributed by atoms with Gasteiger partial charge in [-0.1, -0.05) is 24.3 Å². The van der Waals surface area contributed by atoms with Gasteiger partial charge in [0.05, 0.1) is 0 Å². The van der Waals surface area contributed by atoms with Crippen molar-refractivity contribution < 1.29 is 4.57 Å². The molecule has 2 rings (SSSR count). The molecule has 0 aliphatic heterocycles.